The molecule has 1 aliphatic carbocycles. The predicted molar refractivity (Wildman–Crippen MR) is 140 cm³/mol. The van der Waals surface area contributed by atoms with E-state index in [2.05, 4.69) is 14.8 Å². The highest BCUT2D eigenvalue weighted by Crippen LogP contribution is 2.50. The monoisotopic (exact) mass is 573 g/mol. The molecule has 1 N–H and O–H groups in total. The molecule has 4 aliphatic rings. The van der Waals surface area contributed by atoms with Crippen LogP contribution in [0.4, 0.5) is 8.78 Å². The van der Waals surface area contributed by atoms with Crippen molar-refractivity contribution < 1.29 is 46.8 Å². The second-order valence-electron chi connectivity index (χ2n) is 11.3. The second kappa shape index (κ2) is 10.3. The Morgan fingerprint density at radius 2 is 1.76 bits per heavy atom. The molecule has 0 aromatic heterocycles. The summed E-state index contributed by atoms with van der Waals surface area (Å²) in [4.78, 5) is 26.1. The number of halogens is 2. The van der Waals surface area contributed by atoms with E-state index in [-0.39, 0.29) is 54.0 Å². The third kappa shape index (κ3) is 4.99. The molecule has 0 bridgehead atoms. The second-order valence-corrected chi connectivity index (χ2v) is 11.3. The molecule has 9 nitrogen and oxygen atoms in total. The number of carbonyl (C=O) groups excluding carboxylic acids is 2. The minimum absolute atomic E-state index is 0.0352. The molecule has 1 amide bonds. The van der Waals surface area contributed by atoms with Crippen molar-refractivity contribution in [3.8, 4) is 28.7 Å². The van der Waals surface area contributed by atoms with Gasteiger partial charge in [-0.25, -0.2) is 0 Å². The number of rotatable bonds is 6. The highest BCUT2D eigenvalue weighted by atomic mass is 19.3. The fourth-order valence-corrected chi connectivity index (χ4v) is 6.35. The van der Waals surface area contributed by atoms with E-state index < -0.39 is 11.7 Å². The van der Waals surface area contributed by atoms with Gasteiger partial charge in [0.15, 0.2) is 11.5 Å². The summed E-state index contributed by atoms with van der Waals surface area (Å²) in [6.07, 6.45) is -0.335. The summed E-state index contributed by atoms with van der Waals surface area (Å²) in [5.74, 6) is 0.954. The molecule has 220 valence electrons. The summed E-state index contributed by atoms with van der Waals surface area (Å²) in [7, 11) is 1.58. The fraction of sp³-hybridized carbons (Fsp3) is 0.533. The van der Waals surface area contributed by atoms with E-state index in [1.165, 1.54) is 12.1 Å². The zero-order chi connectivity index (χ0) is 28.9. The molecule has 2 aromatic carbocycles. The first kappa shape index (κ1) is 27.4. The van der Waals surface area contributed by atoms with Gasteiger partial charge in [-0.2, -0.15) is 0 Å². The quantitative estimate of drug-likeness (QED) is 0.480. The molecule has 3 heterocycles. The van der Waals surface area contributed by atoms with E-state index in [0.717, 1.165) is 31.2 Å². The maximum absolute atomic E-state index is 13.9. The molecule has 1 saturated carbocycles. The Kier molecular flexibility index (Phi) is 6.86. The van der Waals surface area contributed by atoms with Crippen LogP contribution in [0.3, 0.4) is 0 Å². The van der Waals surface area contributed by atoms with Crippen molar-refractivity contribution in [3.63, 3.8) is 0 Å². The van der Waals surface area contributed by atoms with E-state index in [1.807, 2.05) is 25.1 Å². The van der Waals surface area contributed by atoms with Crippen molar-refractivity contribution >= 4 is 11.9 Å². The number of esters is 1. The van der Waals surface area contributed by atoms with Crippen LogP contribution in [0.1, 0.15) is 63.1 Å². The van der Waals surface area contributed by atoms with Gasteiger partial charge in [-0.1, -0.05) is 0 Å². The highest BCUT2D eigenvalue weighted by molar-refractivity contribution is 5.90. The normalized spacial score (nSPS) is 28.9. The van der Waals surface area contributed by atoms with E-state index in [9.17, 15) is 18.4 Å². The number of fused-ring (bicyclic) bond motifs is 3. The van der Waals surface area contributed by atoms with Gasteiger partial charge in [-0.3, -0.25) is 9.59 Å². The first-order valence-electron chi connectivity index (χ1n) is 14.0. The smallest absolute Gasteiger partial charge is 0.497 e. The number of hydrogen-bond acceptors (Lipinski definition) is 8. The van der Waals surface area contributed by atoms with Crippen LogP contribution >= 0.6 is 0 Å². The van der Waals surface area contributed by atoms with Gasteiger partial charge in [0, 0.05) is 29.7 Å². The van der Waals surface area contributed by atoms with Gasteiger partial charge >= 0.3 is 12.3 Å². The Morgan fingerprint density at radius 3 is 2.46 bits per heavy atom. The van der Waals surface area contributed by atoms with Crippen LogP contribution in [0.2, 0.25) is 0 Å². The van der Waals surface area contributed by atoms with Crippen LogP contribution in [0.5, 0.6) is 28.7 Å². The van der Waals surface area contributed by atoms with Crippen molar-refractivity contribution in [2.45, 2.75) is 69.8 Å². The number of hydrogen-bond donors (Lipinski definition) is 1. The van der Waals surface area contributed by atoms with Gasteiger partial charge in [0.25, 0.3) is 0 Å². The van der Waals surface area contributed by atoms with E-state index in [1.54, 1.807) is 14.0 Å². The number of alkyl halides is 2. The summed E-state index contributed by atoms with van der Waals surface area (Å²) >= 11 is 0. The minimum Gasteiger partial charge on any atom is -0.497 e. The SMILES string of the molecule is CCOC(=O)C1CCC([C@H]2C[C@@H](NC(=O)[C@@]3(C)COc4cc5c(cc43)OC(F)(F)O5)c3ccc(OC)cc3O2)CC1. The molecule has 6 rings (SSSR count). The number of nitrogens with one attached hydrogen (secondary N) is 1. The minimum atomic E-state index is -3.77. The zero-order valence-electron chi connectivity index (χ0n) is 23.2. The number of carbonyl (C=O) groups is 2. The topological polar surface area (TPSA) is 102 Å². The van der Waals surface area contributed by atoms with Crippen molar-refractivity contribution in [1.29, 1.82) is 0 Å². The van der Waals surface area contributed by atoms with Crippen LogP contribution in [-0.4, -0.2) is 44.6 Å². The van der Waals surface area contributed by atoms with Crippen molar-refractivity contribution in [1.82, 2.24) is 5.32 Å². The van der Waals surface area contributed by atoms with E-state index in [0.29, 0.717) is 35.8 Å². The van der Waals surface area contributed by atoms with Gasteiger partial charge in [0.05, 0.1) is 25.7 Å². The van der Waals surface area contributed by atoms with Gasteiger partial charge in [0.2, 0.25) is 5.91 Å². The Morgan fingerprint density at radius 1 is 1.02 bits per heavy atom. The molecule has 41 heavy (non-hydrogen) atoms. The van der Waals surface area contributed by atoms with Crippen molar-refractivity contribution in [3.05, 3.63) is 41.5 Å². The largest absolute Gasteiger partial charge is 0.586 e. The van der Waals surface area contributed by atoms with Crippen LogP contribution in [-0.2, 0) is 19.7 Å². The van der Waals surface area contributed by atoms with Gasteiger partial charge in [-0.15, -0.1) is 8.78 Å². The summed E-state index contributed by atoms with van der Waals surface area (Å²) in [5, 5.41) is 3.20. The lowest BCUT2D eigenvalue weighted by atomic mass is 9.76. The first-order chi connectivity index (χ1) is 19.6. The number of ether oxygens (including phenoxy) is 6. The molecule has 0 saturated heterocycles. The molecule has 2 aromatic rings. The van der Waals surface area contributed by atoms with E-state index in [4.69, 9.17) is 18.9 Å². The van der Waals surface area contributed by atoms with Crippen molar-refractivity contribution in [2.24, 2.45) is 11.8 Å². The Balaban J connectivity index is 1.22. The lowest BCUT2D eigenvalue weighted by Gasteiger charge is -2.40. The lowest BCUT2D eigenvalue weighted by molar-refractivity contribution is -0.286. The molecule has 3 aliphatic heterocycles. The summed E-state index contributed by atoms with van der Waals surface area (Å²) in [6.45, 7) is 3.93. The third-order valence-corrected chi connectivity index (χ3v) is 8.68. The lowest BCUT2D eigenvalue weighted by Crippen LogP contribution is -2.47. The number of methoxy groups -OCH3 is 1. The highest BCUT2D eigenvalue weighted by Gasteiger charge is 2.49. The molecule has 3 atom stereocenters. The number of benzene rings is 2. The predicted octanol–water partition coefficient (Wildman–Crippen LogP) is 5.04. The zero-order valence-corrected chi connectivity index (χ0v) is 23.2. The van der Waals surface area contributed by atoms with Gasteiger partial charge in [-0.05, 0) is 63.6 Å². The van der Waals surface area contributed by atoms with Gasteiger partial charge in [0.1, 0.15) is 35.4 Å². The molecule has 11 heteroatoms. The van der Waals surface area contributed by atoms with Gasteiger partial charge < -0.3 is 33.7 Å². The molecule has 0 unspecified atom stereocenters. The molecule has 0 spiro atoms. The average Bonchev–Trinajstić information content (AvgIpc) is 3.45. The fourth-order valence-electron chi connectivity index (χ4n) is 6.35. The third-order valence-electron chi connectivity index (χ3n) is 8.68. The van der Waals surface area contributed by atoms with Crippen molar-refractivity contribution in [2.75, 3.05) is 20.3 Å². The van der Waals surface area contributed by atoms with Crippen LogP contribution in [0.15, 0.2) is 30.3 Å². The Hall–Kier alpha value is -3.76. The molecular weight excluding hydrogens is 540 g/mol. The summed E-state index contributed by atoms with van der Waals surface area (Å²) in [6, 6.07) is 7.89. The molecular formula is C30H33F2NO8. The summed E-state index contributed by atoms with van der Waals surface area (Å²) < 4.78 is 59.3. The Labute approximate surface area is 236 Å². The molecule has 0 radical (unpaired) electrons. The first-order valence-corrected chi connectivity index (χ1v) is 14.0. The summed E-state index contributed by atoms with van der Waals surface area (Å²) in [5.41, 5.74) is 0.124. The standard InChI is InChI=1S/C30H33F2NO8/c1-4-37-27(34)17-7-5-16(6-8-17)22-13-21(19-10-9-18(36-3)11-23(19)39-22)33-28(35)29(2)15-38-24-14-26-25(12-20(24)29)40-30(31,32)41-26/h9-12,14,16-17,21-22H,4-8,13,15H2,1-3H3,(H,33,35)/t16?,17?,21-,22-,29+/m1/s1. The van der Waals surface area contributed by atoms with E-state index >= 15 is 0 Å². The Bertz CT molecular complexity index is 1360. The number of amides is 1. The van der Waals surface area contributed by atoms with Crippen LogP contribution in [0.25, 0.3) is 0 Å². The average molecular weight is 574 g/mol. The maximum atomic E-state index is 13.9. The maximum Gasteiger partial charge on any atom is 0.586 e. The van der Waals surface area contributed by atoms with Crippen LogP contribution in [0, 0.1) is 11.8 Å². The molecule has 1 fully saturated rings. The van der Waals surface area contributed by atoms with Crippen LogP contribution < -0.4 is 29.0 Å².